The second-order valence-electron chi connectivity index (χ2n) is 2.31. The van der Waals surface area contributed by atoms with Crippen molar-refractivity contribution < 1.29 is 30.0 Å². The van der Waals surface area contributed by atoms with Gasteiger partial charge in [0, 0.05) is 0 Å². The predicted molar refractivity (Wildman–Crippen MR) is 46.6 cm³/mol. The highest BCUT2D eigenvalue weighted by atomic mass is 16.6. The summed E-state index contributed by atoms with van der Waals surface area (Å²) >= 11 is 0. The van der Waals surface area contributed by atoms with Gasteiger partial charge in [-0.1, -0.05) is 13.8 Å². The van der Waals surface area contributed by atoms with Crippen molar-refractivity contribution in [1.29, 1.82) is 0 Å². The molecule has 0 aliphatic carbocycles. The van der Waals surface area contributed by atoms with E-state index in [-0.39, 0.29) is 0 Å². The third-order valence-corrected chi connectivity index (χ3v) is 1.48. The molecule has 1 rings (SSSR count). The van der Waals surface area contributed by atoms with E-state index in [2.05, 4.69) is 4.74 Å². The zero-order chi connectivity index (χ0) is 11.3. The van der Waals surface area contributed by atoms with E-state index in [1.807, 2.05) is 13.8 Å². The largest absolute Gasteiger partial charge is 0.505 e. The topological polar surface area (TPSA) is 107 Å². The van der Waals surface area contributed by atoms with Crippen LogP contribution < -0.4 is 0 Å². The van der Waals surface area contributed by atoms with Gasteiger partial charge in [0.15, 0.2) is 11.9 Å². The van der Waals surface area contributed by atoms with E-state index in [0.717, 1.165) is 0 Å². The number of esters is 1. The molecule has 2 unspecified atom stereocenters. The first-order chi connectivity index (χ1) is 6.57. The van der Waals surface area contributed by atoms with Crippen LogP contribution >= 0.6 is 0 Å². The molecule has 0 aromatic carbocycles. The maximum absolute atomic E-state index is 10.5. The zero-order valence-corrected chi connectivity index (χ0v) is 7.97. The molecule has 6 heteroatoms. The van der Waals surface area contributed by atoms with Crippen LogP contribution in [-0.4, -0.2) is 45.2 Å². The lowest BCUT2D eigenvalue weighted by Gasteiger charge is -2.13. The van der Waals surface area contributed by atoms with Gasteiger partial charge in [-0.3, -0.25) is 0 Å². The van der Waals surface area contributed by atoms with Crippen LogP contribution in [0.1, 0.15) is 13.8 Å². The highest BCUT2D eigenvalue weighted by Gasteiger charge is 2.38. The van der Waals surface area contributed by atoms with Crippen LogP contribution in [0.15, 0.2) is 11.5 Å². The van der Waals surface area contributed by atoms with Crippen LogP contribution in [0, 0.1) is 0 Å². The number of rotatable bonds is 2. The molecule has 0 aromatic rings. The van der Waals surface area contributed by atoms with E-state index in [0.29, 0.717) is 0 Å². The number of cyclic esters (lactones) is 1. The van der Waals surface area contributed by atoms with E-state index in [9.17, 15) is 4.79 Å². The molecule has 1 aliphatic rings. The van der Waals surface area contributed by atoms with Crippen molar-refractivity contribution in [3.05, 3.63) is 11.5 Å². The molecule has 1 heterocycles. The lowest BCUT2D eigenvalue weighted by molar-refractivity contribution is -0.147. The maximum atomic E-state index is 10.5. The van der Waals surface area contributed by atoms with Gasteiger partial charge in [0.2, 0.25) is 5.76 Å². The minimum absolute atomic E-state index is 0.671. The highest BCUT2D eigenvalue weighted by molar-refractivity contribution is 5.89. The summed E-state index contributed by atoms with van der Waals surface area (Å²) in [6, 6.07) is 0. The molecule has 1 aliphatic heterocycles. The van der Waals surface area contributed by atoms with Gasteiger partial charge in [-0.05, 0) is 0 Å². The SMILES string of the molecule is CC.O=C1OC(C(O)CO)C(O)=C1O. The molecule has 4 N–H and O–H groups in total. The lowest BCUT2D eigenvalue weighted by Crippen LogP contribution is -2.31. The van der Waals surface area contributed by atoms with Crippen molar-refractivity contribution >= 4 is 5.97 Å². The van der Waals surface area contributed by atoms with Gasteiger partial charge < -0.3 is 25.2 Å². The number of hydrogen-bond acceptors (Lipinski definition) is 6. The third-order valence-electron chi connectivity index (χ3n) is 1.48. The number of aliphatic hydroxyl groups excluding tert-OH is 4. The number of carbonyl (C=O) groups is 1. The molecule has 6 nitrogen and oxygen atoms in total. The van der Waals surface area contributed by atoms with E-state index in [4.69, 9.17) is 20.4 Å². The summed E-state index contributed by atoms with van der Waals surface area (Å²) in [6.07, 6.45) is -2.78. The molecule has 0 radical (unpaired) electrons. The second kappa shape index (κ2) is 5.46. The van der Waals surface area contributed by atoms with Crippen LogP contribution in [0.3, 0.4) is 0 Å². The Labute approximate surface area is 81.1 Å². The smallest absolute Gasteiger partial charge is 0.377 e. The molecular weight excluding hydrogens is 192 g/mol. The van der Waals surface area contributed by atoms with Gasteiger partial charge in [-0.2, -0.15) is 0 Å². The number of carbonyl (C=O) groups excluding carboxylic acids is 1. The Balaban J connectivity index is 0.000000791. The van der Waals surface area contributed by atoms with Crippen LogP contribution in [0.4, 0.5) is 0 Å². The fourth-order valence-electron chi connectivity index (χ4n) is 0.823. The Hall–Kier alpha value is -1.27. The van der Waals surface area contributed by atoms with Crippen LogP contribution in [0.2, 0.25) is 0 Å². The predicted octanol–water partition coefficient (Wildman–Crippen LogP) is -0.381. The molecule has 0 spiro atoms. The van der Waals surface area contributed by atoms with Gasteiger partial charge in [0.1, 0.15) is 6.10 Å². The van der Waals surface area contributed by atoms with Gasteiger partial charge in [-0.25, -0.2) is 4.79 Å². The fraction of sp³-hybridized carbons (Fsp3) is 0.625. The summed E-state index contributed by atoms with van der Waals surface area (Å²) in [5, 5.41) is 35.0. The van der Waals surface area contributed by atoms with Gasteiger partial charge in [-0.15, -0.1) is 0 Å². The normalized spacial score (nSPS) is 22.6. The van der Waals surface area contributed by atoms with Gasteiger partial charge >= 0.3 is 5.97 Å². The van der Waals surface area contributed by atoms with E-state index < -0.39 is 36.3 Å². The summed E-state index contributed by atoms with van der Waals surface area (Å²) < 4.78 is 4.32. The van der Waals surface area contributed by atoms with E-state index >= 15 is 0 Å². The van der Waals surface area contributed by atoms with Crippen LogP contribution in [-0.2, 0) is 9.53 Å². The molecule has 0 saturated heterocycles. The molecule has 0 saturated carbocycles. The number of hydrogen-bond donors (Lipinski definition) is 4. The Bertz CT molecular complexity index is 234. The summed E-state index contributed by atoms with van der Waals surface area (Å²) in [7, 11) is 0. The first-order valence-electron chi connectivity index (χ1n) is 4.20. The Morgan fingerprint density at radius 3 is 2.21 bits per heavy atom. The van der Waals surface area contributed by atoms with Crippen molar-refractivity contribution in [3.63, 3.8) is 0 Å². The average molecular weight is 206 g/mol. The summed E-state index contributed by atoms with van der Waals surface area (Å²) in [5.74, 6) is -2.78. The Morgan fingerprint density at radius 1 is 1.43 bits per heavy atom. The monoisotopic (exact) mass is 206 g/mol. The molecular formula is C8H14O6. The van der Waals surface area contributed by atoms with Crippen molar-refractivity contribution in [2.45, 2.75) is 26.1 Å². The number of aliphatic hydroxyl groups is 4. The minimum atomic E-state index is -1.42. The van der Waals surface area contributed by atoms with E-state index in [1.54, 1.807) is 0 Å². The van der Waals surface area contributed by atoms with Crippen molar-refractivity contribution in [2.75, 3.05) is 6.61 Å². The molecule has 14 heavy (non-hydrogen) atoms. The van der Waals surface area contributed by atoms with Gasteiger partial charge in [0.25, 0.3) is 0 Å². The standard InChI is InChI=1S/C6H8O6.C2H6/c7-1-2(8)5-3(9)4(10)6(11)12-5;1-2/h2,5,7-10H,1H2;1-2H3. The molecule has 0 bridgehead atoms. The fourth-order valence-corrected chi connectivity index (χ4v) is 0.823. The Morgan fingerprint density at radius 2 is 1.93 bits per heavy atom. The number of ether oxygens (including phenoxy) is 1. The zero-order valence-electron chi connectivity index (χ0n) is 7.97. The van der Waals surface area contributed by atoms with Crippen molar-refractivity contribution in [1.82, 2.24) is 0 Å². The summed E-state index contributed by atoms with van der Waals surface area (Å²) in [5.41, 5.74) is 0. The van der Waals surface area contributed by atoms with E-state index in [1.165, 1.54) is 0 Å². The summed E-state index contributed by atoms with van der Waals surface area (Å²) in [4.78, 5) is 10.5. The molecule has 2 atom stereocenters. The molecule has 0 fully saturated rings. The average Bonchev–Trinajstić information content (AvgIpc) is 2.48. The van der Waals surface area contributed by atoms with Crippen LogP contribution in [0.25, 0.3) is 0 Å². The first kappa shape index (κ1) is 12.7. The quantitative estimate of drug-likeness (QED) is 0.459. The summed E-state index contributed by atoms with van der Waals surface area (Å²) in [6.45, 7) is 3.33. The minimum Gasteiger partial charge on any atom is -0.505 e. The lowest BCUT2D eigenvalue weighted by atomic mass is 10.2. The van der Waals surface area contributed by atoms with Gasteiger partial charge in [0.05, 0.1) is 6.61 Å². The third kappa shape index (κ3) is 2.36. The first-order valence-corrected chi connectivity index (χ1v) is 4.20. The molecule has 0 amide bonds. The molecule has 82 valence electrons. The van der Waals surface area contributed by atoms with Crippen molar-refractivity contribution in [3.8, 4) is 0 Å². The Kier molecular flexibility index (Phi) is 4.96. The van der Waals surface area contributed by atoms with Crippen molar-refractivity contribution in [2.24, 2.45) is 0 Å². The highest BCUT2D eigenvalue weighted by Crippen LogP contribution is 2.20. The second-order valence-corrected chi connectivity index (χ2v) is 2.31. The molecule has 0 aromatic heterocycles. The maximum Gasteiger partial charge on any atom is 0.377 e. The van der Waals surface area contributed by atoms with Crippen LogP contribution in [0.5, 0.6) is 0 Å².